The lowest BCUT2D eigenvalue weighted by Gasteiger charge is -2.19. The molecular formula is C17H16ClN3O3S. The summed E-state index contributed by atoms with van der Waals surface area (Å²) in [6.45, 7) is 1.89. The highest BCUT2D eigenvalue weighted by atomic mass is 35.5. The van der Waals surface area contributed by atoms with E-state index < -0.39 is 0 Å². The zero-order valence-electron chi connectivity index (χ0n) is 13.4. The van der Waals surface area contributed by atoms with Gasteiger partial charge in [-0.25, -0.2) is 0 Å². The molecule has 1 aromatic heterocycles. The summed E-state index contributed by atoms with van der Waals surface area (Å²) in [5, 5.41) is 3.78. The number of anilines is 1. The fourth-order valence-corrected chi connectivity index (χ4v) is 3.43. The number of benzene rings is 1. The predicted octanol–water partition coefficient (Wildman–Crippen LogP) is 3.25. The Morgan fingerprint density at radius 1 is 1.40 bits per heavy atom. The number of amidine groups is 1. The van der Waals surface area contributed by atoms with Gasteiger partial charge in [-0.1, -0.05) is 35.5 Å². The fraction of sp³-hybridized carbons (Fsp3) is 0.235. The molecule has 0 saturated carbocycles. The molecule has 0 fully saturated rings. The molecule has 1 aliphatic heterocycles. The van der Waals surface area contributed by atoms with Gasteiger partial charge in [-0.3, -0.25) is 19.5 Å². The van der Waals surface area contributed by atoms with E-state index in [1.165, 1.54) is 16.7 Å². The van der Waals surface area contributed by atoms with E-state index in [-0.39, 0.29) is 30.2 Å². The van der Waals surface area contributed by atoms with E-state index in [1.807, 2.05) is 6.92 Å². The minimum absolute atomic E-state index is 0.0535. The number of para-hydroxylation sites is 1. The lowest BCUT2D eigenvalue weighted by molar-refractivity contribution is -0.119. The van der Waals surface area contributed by atoms with Gasteiger partial charge < -0.3 is 9.73 Å². The van der Waals surface area contributed by atoms with Gasteiger partial charge in [-0.2, -0.15) is 0 Å². The smallest absolute Gasteiger partial charge is 0.254 e. The summed E-state index contributed by atoms with van der Waals surface area (Å²) < 4.78 is 5.26. The normalized spacial score (nSPS) is 15.2. The Hall–Kier alpha value is -2.25. The Morgan fingerprint density at radius 2 is 2.20 bits per heavy atom. The Morgan fingerprint density at radius 3 is 2.92 bits per heavy atom. The number of rotatable bonds is 5. The second kappa shape index (κ2) is 7.76. The third-order valence-electron chi connectivity index (χ3n) is 3.56. The third kappa shape index (κ3) is 4.05. The molecule has 2 aromatic rings. The number of hydrogen-bond acceptors (Lipinski definition) is 5. The highest BCUT2D eigenvalue weighted by molar-refractivity contribution is 8.14. The molecule has 0 spiro atoms. The molecular weight excluding hydrogens is 362 g/mol. The van der Waals surface area contributed by atoms with Crippen molar-refractivity contribution in [1.82, 2.24) is 5.32 Å². The SMILES string of the molecule is C[C@H](NC(=O)CSC1=NCC(=O)N1c1ccccc1Cl)c1ccco1. The highest BCUT2D eigenvalue weighted by Crippen LogP contribution is 2.30. The molecule has 1 atom stereocenters. The maximum absolute atomic E-state index is 12.1. The van der Waals surface area contributed by atoms with Crippen LogP contribution >= 0.6 is 23.4 Å². The van der Waals surface area contributed by atoms with Gasteiger partial charge in [0.05, 0.1) is 28.8 Å². The van der Waals surface area contributed by atoms with Gasteiger partial charge in [-0.15, -0.1) is 0 Å². The van der Waals surface area contributed by atoms with E-state index in [2.05, 4.69) is 10.3 Å². The molecule has 0 unspecified atom stereocenters. The van der Waals surface area contributed by atoms with Crippen molar-refractivity contribution in [1.29, 1.82) is 0 Å². The first-order valence-corrected chi connectivity index (χ1v) is 9.00. The summed E-state index contributed by atoms with van der Waals surface area (Å²) in [5.74, 6) is 0.484. The van der Waals surface area contributed by atoms with E-state index >= 15 is 0 Å². The Balaban J connectivity index is 1.61. The van der Waals surface area contributed by atoms with Crippen LogP contribution in [-0.4, -0.2) is 29.3 Å². The van der Waals surface area contributed by atoms with Crippen LogP contribution in [0, 0.1) is 0 Å². The number of hydrogen-bond donors (Lipinski definition) is 1. The van der Waals surface area contributed by atoms with Crippen LogP contribution in [0.25, 0.3) is 0 Å². The number of halogens is 1. The third-order valence-corrected chi connectivity index (χ3v) is 4.86. The summed E-state index contributed by atoms with van der Waals surface area (Å²) in [4.78, 5) is 30.0. The first kappa shape index (κ1) is 17.6. The second-order valence-corrected chi connectivity index (χ2v) is 6.72. The van der Waals surface area contributed by atoms with Crippen molar-refractivity contribution in [3.8, 4) is 0 Å². The van der Waals surface area contributed by atoms with Gasteiger partial charge in [0.25, 0.3) is 5.91 Å². The van der Waals surface area contributed by atoms with Gasteiger partial charge in [0.2, 0.25) is 5.91 Å². The summed E-state index contributed by atoms with van der Waals surface area (Å²) >= 11 is 7.38. The number of furan rings is 1. The van der Waals surface area contributed by atoms with Crippen LogP contribution in [0.1, 0.15) is 18.7 Å². The average Bonchev–Trinajstić information content (AvgIpc) is 3.24. The average molecular weight is 378 g/mol. The van der Waals surface area contributed by atoms with Gasteiger partial charge in [0, 0.05) is 0 Å². The number of carbonyl (C=O) groups excluding carboxylic acids is 2. The van der Waals surface area contributed by atoms with Crippen LogP contribution in [0.3, 0.4) is 0 Å². The zero-order chi connectivity index (χ0) is 17.8. The lowest BCUT2D eigenvalue weighted by Crippen LogP contribution is -2.33. The van der Waals surface area contributed by atoms with Gasteiger partial charge in [0.15, 0.2) is 5.17 Å². The Kier molecular flexibility index (Phi) is 5.45. The number of nitrogens with zero attached hydrogens (tertiary/aromatic N) is 2. The molecule has 130 valence electrons. The number of carbonyl (C=O) groups is 2. The monoisotopic (exact) mass is 377 g/mol. The quantitative estimate of drug-likeness (QED) is 0.867. The lowest BCUT2D eigenvalue weighted by atomic mass is 10.2. The minimum Gasteiger partial charge on any atom is -0.467 e. The fourth-order valence-electron chi connectivity index (χ4n) is 2.39. The van der Waals surface area contributed by atoms with Gasteiger partial charge in [0.1, 0.15) is 12.3 Å². The first-order valence-electron chi connectivity index (χ1n) is 7.64. The van der Waals surface area contributed by atoms with Crippen LogP contribution in [0.15, 0.2) is 52.1 Å². The molecule has 1 N–H and O–H groups in total. The summed E-state index contributed by atoms with van der Waals surface area (Å²) in [7, 11) is 0. The number of aliphatic imine (C=N–C) groups is 1. The van der Waals surface area contributed by atoms with Crippen molar-refractivity contribution >= 4 is 46.0 Å². The molecule has 8 heteroatoms. The van der Waals surface area contributed by atoms with Crippen LogP contribution in [0.5, 0.6) is 0 Å². The molecule has 0 bridgehead atoms. The van der Waals surface area contributed by atoms with Crippen LogP contribution in [-0.2, 0) is 9.59 Å². The van der Waals surface area contributed by atoms with E-state index in [9.17, 15) is 9.59 Å². The van der Waals surface area contributed by atoms with Crippen molar-refractivity contribution in [2.45, 2.75) is 13.0 Å². The van der Waals surface area contributed by atoms with Crippen molar-refractivity contribution in [3.63, 3.8) is 0 Å². The second-order valence-electron chi connectivity index (χ2n) is 5.37. The molecule has 6 nitrogen and oxygen atoms in total. The summed E-state index contributed by atoms with van der Waals surface area (Å²) in [6.07, 6.45) is 1.56. The molecule has 0 aliphatic carbocycles. The molecule has 3 rings (SSSR count). The maximum Gasteiger partial charge on any atom is 0.254 e. The summed E-state index contributed by atoms with van der Waals surface area (Å²) in [6, 6.07) is 10.4. The molecule has 2 amide bonds. The van der Waals surface area contributed by atoms with Crippen molar-refractivity contribution in [2.75, 3.05) is 17.2 Å². The zero-order valence-corrected chi connectivity index (χ0v) is 15.0. The van der Waals surface area contributed by atoms with E-state index in [0.717, 1.165) is 0 Å². The highest BCUT2D eigenvalue weighted by Gasteiger charge is 2.29. The van der Waals surface area contributed by atoms with Gasteiger partial charge >= 0.3 is 0 Å². The number of amides is 2. The Labute approximate surface area is 154 Å². The minimum atomic E-state index is -0.227. The number of nitrogens with one attached hydrogen (secondary N) is 1. The van der Waals surface area contributed by atoms with E-state index in [1.54, 1.807) is 42.7 Å². The molecule has 25 heavy (non-hydrogen) atoms. The van der Waals surface area contributed by atoms with Crippen molar-refractivity contribution in [3.05, 3.63) is 53.4 Å². The van der Waals surface area contributed by atoms with E-state index in [0.29, 0.717) is 21.6 Å². The summed E-state index contributed by atoms with van der Waals surface area (Å²) in [5.41, 5.74) is 0.572. The maximum atomic E-state index is 12.1. The van der Waals surface area contributed by atoms with Crippen molar-refractivity contribution < 1.29 is 14.0 Å². The van der Waals surface area contributed by atoms with Gasteiger partial charge in [-0.05, 0) is 31.2 Å². The standard InChI is InChI=1S/C17H16ClN3O3S/c1-11(14-7-4-8-24-14)20-15(22)10-25-17-19-9-16(23)21(17)13-6-3-2-5-12(13)18/h2-8,11H,9-10H2,1H3,(H,20,22)/t11-/m0/s1. The topological polar surface area (TPSA) is 74.9 Å². The van der Waals surface area contributed by atoms with Crippen LogP contribution in [0.4, 0.5) is 5.69 Å². The molecule has 0 saturated heterocycles. The molecule has 1 aliphatic rings. The Bertz CT molecular complexity index is 807. The molecule has 0 radical (unpaired) electrons. The van der Waals surface area contributed by atoms with Crippen LogP contribution in [0.2, 0.25) is 5.02 Å². The van der Waals surface area contributed by atoms with Crippen LogP contribution < -0.4 is 10.2 Å². The molecule has 1 aromatic carbocycles. The van der Waals surface area contributed by atoms with E-state index in [4.69, 9.17) is 16.0 Å². The first-order chi connectivity index (χ1) is 12.1. The molecule has 2 heterocycles. The predicted molar refractivity (Wildman–Crippen MR) is 99.0 cm³/mol. The largest absolute Gasteiger partial charge is 0.467 e. The number of thioether (sulfide) groups is 1. The van der Waals surface area contributed by atoms with Crippen molar-refractivity contribution in [2.24, 2.45) is 4.99 Å².